The molecule has 3 aliphatic rings. The molecular formula is C20H27N3O3. The van der Waals surface area contributed by atoms with Gasteiger partial charge in [-0.25, -0.2) is 0 Å². The Balaban J connectivity index is 1.31. The molecule has 3 fully saturated rings. The minimum absolute atomic E-state index is 0.107. The van der Waals surface area contributed by atoms with Gasteiger partial charge in [0.05, 0.1) is 0 Å². The molecule has 3 heterocycles. The van der Waals surface area contributed by atoms with Crippen LogP contribution in [0.15, 0.2) is 24.5 Å². The molecule has 1 unspecified atom stereocenters. The van der Waals surface area contributed by atoms with Gasteiger partial charge in [0.2, 0.25) is 11.8 Å². The lowest BCUT2D eigenvalue weighted by molar-refractivity contribution is -0.140. The topological polar surface area (TPSA) is 62.7 Å². The van der Waals surface area contributed by atoms with Crippen molar-refractivity contribution in [2.75, 3.05) is 32.8 Å². The van der Waals surface area contributed by atoms with Gasteiger partial charge in [-0.05, 0) is 49.3 Å². The number of rotatable bonds is 5. The molecule has 0 spiro atoms. The maximum absolute atomic E-state index is 12.9. The van der Waals surface area contributed by atoms with Crippen LogP contribution in [0.3, 0.4) is 0 Å². The predicted molar refractivity (Wildman–Crippen MR) is 95.9 cm³/mol. The summed E-state index contributed by atoms with van der Waals surface area (Å²) >= 11 is 0. The SMILES string of the molecule is CCN(Cc1ccncc1)C(=O)C1[C@H]2CN(C(=O)C3CCOCC3)C[C@@H]12. The van der Waals surface area contributed by atoms with E-state index in [1.807, 2.05) is 28.9 Å². The zero-order valence-corrected chi connectivity index (χ0v) is 15.3. The Bertz CT molecular complexity index is 648. The molecule has 0 bridgehead atoms. The predicted octanol–water partition coefficient (Wildman–Crippen LogP) is 1.56. The number of carbonyl (C=O) groups excluding carboxylic acids is 2. The average Bonchev–Trinajstić information content (AvgIpc) is 3.19. The number of pyridine rings is 1. The molecule has 2 aliphatic heterocycles. The van der Waals surface area contributed by atoms with Crippen LogP contribution in [0, 0.1) is 23.7 Å². The van der Waals surface area contributed by atoms with Crippen LogP contribution in [-0.2, 0) is 20.9 Å². The van der Waals surface area contributed by atoms with E-state index >= 15 is 0 Å². The Labute approximate surface area is 154 Å². The van der Waals surface area contributed by atoms with Gasteiger partial charge in [0, 0.05) is 63.6 Å². The van der Waals surface area contributed by atoms with Gasteiger partial charge in [0.1, 0.15) is 0 Å². The number of nitrogens with zero attached hydrogens (tertiary/aromatic N) is 3. The van der Waals surface area contributed by atoms with E-state index < -0.39 is 0 Å². The van der Waals surface area contributed by atoms with E-state index in [0.717, 1.165) is 31.5 Å². The number of fused-ring (bicyclic) bond motifs is 1. The number of hydrogen-bond donors (Lipinski definition) is 0. The van der Waals surface area contributed by atoms with Gasteiger partial charge >= 0.3 is 0 Å². The third kappa shape index (κ3) is 3.34. The molecule has 2 amide bonds. The molecule has 1 aromatic rings. The van der Waals surface area contributed by atoms with Crippen LogP contribution in [-0.4, -0.2) is 59.4 Å². The van der Waals surface area contributed by atoms with E-state index in [2.05, 4.69) is 4.98 Å². The summed E-state index contributed by atoms with van der Waals surface area (Å²) in [5, 5.41) is 0. The Morgan fingerprint density at radius 2 is 1.85 bits per heavy atom. The molecule has 4 rings (SSSR count). The van der Waals surface area contributed by atoms with Gasteiger partial charge in [-0.15, -0.1) is 0 Å². The number of piperidine rings is 1. The minimum atomic E-state index is 0.107. The molecule has 140 valence electrons. The zero-order chi connectivity index (χ0) is 18.1. The summed E-state index contributed by atoms with van der Waals surface area (Å²) < 4.78 is 5.35. The second kappa shape index (κ2) is 7.35. The number of aromatic nitrogens is 1. The summed E-state index contributed by atoms with van der Waals surface area (Å²) in [6.45, 7) is 6.27. The van der Waals surface area contributed by atoms with Crippen LogP contribution in [0.4, 0.5) is 0 Å². The summed E-state index contributed by atoms with van der Waals surface area (Å²) in [5.74, 6) is 1.47. The average molecular weight is 357 g/mol. The number of hydrogen-bond acceptors (Lipinski definition) is 4. The van der Waals surface area contributed by atoms with Crippen molar-refractivity contribution >= 4 is 11.8 Å². The van der Waals surface area contributed by atoms with E-state index in [0.29, 0.717) is 38.1 Å². The number of carbonyl (C=O) groups is 2. The summed E-state index contributed by atoms with van der Waals surface area (Å²) in [4.78, 5) is 33.5. The number of ether oxygens (including phenoxy) is 1. The van der Waals surface area contributed by atoms with E-state index in [1.54, 1.807) is 12.4 Å². The quantitative estimate of drug-likeness (QED) is 0.802. The fourth-order valence-corrected chi connectivity index (χ4v) is 4.54. The van der Waals surface area contributed by atoms with Crippen molar-refractivity contribution in [2.24, 2.45) is 23.7 Å². The lowest BCUT2D eigenvalue weighted by atomic mass is 9.98. The standard InChI is InChI=1S/C20H27N3O3/c1-2-22(11-14-3-7-21-8-4-14)20(25)18-16-12-23(13-17(16)18)19(24)15-5-9-26-10-6-15/h3-4,7-8,15-18H,2,5-6,9-13H2,1H3/t16-,17+,18?. The first kappa shape index (κ1) is 17.5. The van der Waals surface area contributed by atoms with Gasteiger partial charge in [-0.2, -0.15) is 0 Å². The molecule has 3 atom stereocenters. The molecule has 0 radical (unpaired) electrons. The molecule has 1 aromatic heterocycles. The Morgan fingerprint density at radius 1 is 1.19 bits per heavy atom. The van der Waals surface area contributed by atoms with Crippen molar-refractivity contribution < 1.29 is 14.3 Å². The van der Waals surface area contributed by atoms with Crippen molar-refractivity contribution in [3.8, 4) is 0 Å². The van der Waals surface area contributed by atoms with Crippen molar-refractivity contribution in [3.63, 3.8) is 0 Å². The Kier molecular flexibility index (Phi) is 4.94. The molecule has 6 nitrogen and oxygen atoms in total. The second-order valence-electron chi connectivity index (χ2n) is 7.69. The summed E-state index contributed by atoms with van der Waals surface area (Å²) in [6, 6.07) is 3.91. The van der Waals surface area contributed by atoms with Crippen LogP contribution in [0.1, 0.15) is 25.3 Å². The lowest BCUT2D eigenvalue weighted by Crippen LogP contribution is -2.40. The highest BCUT2D eigenvalue weighted by atomic mass is 16.5. The highest BCUT2D eigenvalue weighted by Gasteiger charge is 2.61. The summed E-state index contributed by atoms with van der Waals surface area (Å²) in [7, 11) is 0. The Hall–Kier alpha value is -1.95. The Morgan fingerprint density at radius 3 is 2.46 bits per heavy atom. The normalized spacial score (nSPS) is 27.9. The van der Waals surface area contributed by atoms with Crippen molar-refractivity contribution in [1.82, 2.24) is 14.8 Å². The number of amides is 2. The van der Waals surface area contributed by atoms with Gasteiger partial charge in [0.15, 0.2) is 0 Å². The fraction of sp³-hybridized carbons (Fsp3) is 0.650. The molecule has 6 heteroatoms. The van der Waals surface area contributed by atoms with E-state index in [9.17, 15) is 9.59 Å². The third-order valence-corrected chi connectivity index (χ3v) is 6.18. The number of likely N-dealkylation sites (tertiary alicyclic amines) is 1. The van der Waals surface area contributed by atoms with Crippen LogP contribution in [0.5, 0.6) is 0 Å². The first-order valence-electron chi connectivity index (χ1n) is 9.73. The first-order chi connectivity index (χ1) is 12.7. The van der Waals surface area contributed by atoms with Gasteiger partial charge in [-0.1, -0.05) is 0 Å². The van der Waals surface area contributed by atoms with E-state index in [4.69, 9.17) is 4.74 Å². The molecule has 1 aliphatic carbocycles. The summed E-state index contributed by atoms with van der Waals surface area (Å²) in [5.41, 5.74) is 1.11. The van der Waals surface area contributed by atoms with Crippen LogP contribution < -0.4 is 0 Å². The third-order valence-electron chi connectivity index (χ3n) is 6.18. The van der Waals surface area contributed by atoms with Gasteiger partial charge < -0.3 is 14.5 Å². The molecule has 0 aromatic carbocycles. The largest absolute Gasteiger partial charge is 0.381 e. The molecular weight excluding hydrogens is 330 g/mol. The van der Waals surface area contributed by atoms with E-state index in [1.165, 1.54) is 0 Å². The zero-order valence-electron chi connectivity index (χ0n) is 15.3. The highest BCUT2D eigenvalue weighted by Crippen LogP contribution is 2.53. The molecule has 2 saturated heterocycles. The maximum atomic E-state index is 12.9. The van der Waals surface area contributed by atoms with E-state index in [-0.39, 0.29) is 23.7 Å². The second-order valence-corrected chi connectivity index (χ2v) is 7.69. The summed E-state index contributed by atoms with van der Waals surface area (Å²) in [6.07, 6.45) is 5.20. The van der Waals surface area contributed by atoms with Crippen molar-refractivity contribution in [3.05, 3.63) is 30.1 Å². The van der Waals surface area contributed by atoms with Crippen LogP contribution >= 0.6 is 0 Å². The van der Waals surface area contributed by atoms with Gasteiger partial charge in [-0.3, -0.25) is 14.6 Å². The monoisotopic (exact) mass is 357 g/mol. The molecule has 1 saturated carbocycles. The first-order valence-corrected chi connectivity index (χ1v) is 9.73. The van der Waals surface area contributed by atoms with Crippen molar-refractivity contribution in [2.45, 2.75) is 26.3 Å². The van der Waals surface area contributed by atoms with Gasteiger partial charge in [0.25, 0.3) is 0 Å². The van der Waals surface area contributed by atoms with Crippen LogP contribution in [0.25, 0.3) is 0 Å². The highest BCUT2D eigenvalue weighted by molar-refractivity contribution is 5.84. The molecule has 26 heavy (non-hydrogen) atoms. The van der Waals surface area contributed by atoms with Crippen LogP contribution in [0.2, 0.25) is 0 Å². The maximum Gasteiger partial charge on any atom is 0.226 e. The van der Waals surface area contributed by atoms with Crippen molar-refractivity contribution in [1.29, 1.82) is 0 Å². The minimum Gasteiger partial charge on any atom is -0.381 e. The molecule has 0 N–H and O–H groups in total. The smallest absolute Gasteiger partial charge is 0.226 e. The lowest BCUT2D eigenvalue weighted by Gasteiger charge is -2.28. The fourth-order valence-electron chi connectivity index (χ4n) is 4.54.